The molecule has 3 nitrogen and oxygen atoms in total. The molecule has 0 aromatic heterocycles. The van der Waals surface area contributed by atoms with E-state index in [1.54, 1.807) is 7.05 Å². The van der Waals surface area contributed by atoms with Crippen molar-refractivity contribution in [2.45, 2.75) is 6.42 Å². The zero-order valence-corrected chi connectivity index (χ0v) is 12.4. The summed E-state index contributed by atoms with van der Waals surface area (Å²) in [6.45, 7) is 1.78. The molecule has 0 radical (unpaired) electrons. The zero-order valence-electron chi connectivity index (χ0n) is 10.9. The van der Waals surface area contributed by atoms with Crippen LogP contribution in [-0.4, -0.2) is 38.1 Å². The van der Waals surface area contributed by atoms with Crippen LogP contribution < -0.4 is 10.6 Å². The third-order valence-corrected chi connectivity index (χ3v) is 3.26. The Hall–Kier alpha value is -0.870. The number of benzene rings is 1. The van der Waals surface area contributed by atoms with Crippen molar-refractivity contribution in [3.05, 3.63) is 34.9 Å². The lowest BCUT2D eigenvalue weighted by molar-refractivity contribution is 0.812. The van der Waals surface area contributed by atoms with Crippen LogP contribution in [0.1, 0.15) is 5.56 Å². The number of halogens is 1. The molecule has 0 amide bonds. The van der Waals surface area contributed by atoms with Crippen molar-refractivity contribution in [3.63, 3.8) is 0 Å². The molecule has 0 spiro atoms. The molecule has 0 aliphatic carbocycles. The number of hydrogen-bond acceptors (Lipinski definition) is 2. The summed E-state index contributed by atoms with van der Waals surface area (Å²) in [5.74, 6) is 1.93. The van der Waals surface area contributed by atoms with Crippen LogP contribution in [0.5, 0.6) is 0 Å². The maximum Gasteiger partial charge on any atom is 0.191 e. The molecule has 0 heterocycles. The summed E-state index contributed by atoms with van der Waals surface area (Å²) in [6, 6.07) is 7.94. The number of aliphatic imine (C=N–C) groups is 1. The van der Waals surface area contributed by atoms with E-state index in [1.165, 1.54) is 5.56 Å². The van der Waals surface area contributed by atoms with Gasteiger partial charge in [0.2, 0.25) is 0 Å². The smallest absolute Gasteiger partial charge is 0.191 e. The van der Waals surface area contributed by atoms with Crippen molar-refractivity contribution >= 4 is 29.3 Å². The minimum absolute atomic E-state index is 0.787. The highest BCUT2D eigenvalue weighted by atomic mass is 35.5. The Balaban J connectivity index is 2.27. The largest absolute Gasteiger partial charge is 0.356 e. The van der Waals surface area contributed by atoms with E-state index in [-0.39, 0.29) is 0 Å². The lowest BCUT2D eigenvalue weighted by atomic mass is 10.1. The van der Waals surface area contributed by atoms with Crippen LogP contribution in [0.2, 0.25) is 5.02 Å². The van der Waals surface area contributed by atoms with E-state index in [1.807, 2.05) is 30.0 Å². The second-order valence-electron chi connectivity index (χ2n) is 3.80. The van der Waals surface area contributed by atoms with Crippen LogP contribution in [0, 0.1) is 0 Å². The van der Waals surface area contributed by atoms with Crippen molar-refractivity contribution in [2.24, 2.45) is 4.99 Å². The number of nitrogens with one attached hydrogen (secondary N) is 2. The average molecular weight is 286 g/mol. The third-order valence-electron chi connectivity index (χ3n) is 2.42. The van der Waals surface area contributed by atoms with Gasteiger partial charge in [-0.1, -0.05) is 23.7 Å². The molecule has 0 saturated heterocycles. The first kappa shape index (κ1) is 15.2. The van der Waals surface area contributed by atoms with Gasteiger partial charge in [0.25, 0.3) is 0 Å². The number of guanidine groups is 1. The summed E-state index contributed by atoms with van der Waals surface area (Å²) < 4.78 is 0. The van der Waals surface area contributed by atoms with E-state index < -0.39 is 0 Å². The molecule has 5 heteroatoms. The van der Waals surface area contributed by atoms with Crippen molar-refractivity contribution in [2.75, 3.05) is 32.1 Å². The first-order valence-corrected chi connectivity index (χ1v) is 7.71. The van der Waals surface area contributed by atoms with E-state index in [9.17, 15) is 0 Å². The van der Waals surface area contributed by atoms with Gasteiger partial charge in [-0.15, -0.1) is 0 Å². The highest BCUT2D eigenvalue weighted by molar-refractivity contribution is 7.98. The van der Waals surface area contributed by atoms with Crippen molar-refractivity contribution in [1.29, 1.82) is 0 Å². The molecule has 0 fully saturated rings. The van der Waals surface area contributed by atoms with Crippen LogP contribution >= 0.6 is 23.4 Å². The van der Waals surface area contributed by atoms with Gasteiger partial charge >= 0.3 is 0 Å². The fourth-order valence-corrected chi connectivity index (χ4v) is 2.03. The van der Waals surface area contributed by atoms with Gasteiger partial charge < -0.3 is 10.6 Å². The molecule has 0 aliphatic rings. The molecular weight excluding hydrogens is 266 g/mol. The molecule has 1 aromatic rings. The highest BCUT2D eigenvalue weighted by Gasteiger charge is 1.97. The molecule has 0 saturated carbocycles. The van der Waals surface area contributed by atoms with Crippen LogP contribution in [0.3, 0.4) is 0 Å². The average Bonchev–Trinajstić information content (AvgIpc) is 2.37. The first-order valence-electron chi connectivity index (χ1n) is 5.94. The summed E-state index contributed by atoms with van der Waals surface area (Å²) in [5, 5.41) is 7.33. The number of thioether (sulfide) groups is 1. The normalized spacial score (nSPS) is 11.4. The Labute approximate surface area is 118 Å². The Morgan fingerprint density at radius 2 is 2.11 bits per heavy atom. The van der Waals surface area contributed by atoms with Crippen molar-refractivity contribution in [3.8, 4) is 0 Å². The minimum Gasteiger partial charge on any atom is -0.356 e. The predicted octanol–water partition coefficient (Wildman–Crippen LogP) is 2.41. The highest BCUT2D eigenvalue weighted by Crippen LogP contribution is 2.10. The Morgan fingerprint density at radius 1 is 1.33 bits per heavy atom. The lowest BCUT2D eigenvalue weighted by Gasteiger charge is -2.11. The van der Waals surface area contributed by atoms with E-state index in [4.69, 9.17) is 11.6 Å². The van der Waals surface area contributed by atoms with Gasteiger partial charge in [-0.2, -0.15) is 11.8 Å². The lowest BCUT2D eigenvalue weighted by Crippen LogP contribution is -2.39. The Kier molecular flexibility index (Phi) is 7.69. The quantitative estimate of drug-likeness (QED) is 0.479. The molecule has 0 bridgehead atoms. The van der Waals surface area contributed by atoms with E-state index in [2.05, 4.69) is 27.9 Å². The van der Waals surface area contributed by atoms with Gasteiger partial charge in [-0.3, -0.25) is 4.99 Å². The summed E-state index contributed by atoms with van der Waals surface area (Å²) in [7, 11) is 1.79. The molecule has 0 atom stereocenters. The summed E-state index contributed by atoms with van der Waals surface area (Å²) in [4.78, 5) is 4.17. The molecule has 0 unspecified atom stereocenters. The van der Waals surface area contributed by atoms with Gasteiger partial charge in [-0.25, -0.2) is 0 Å². The second-order valence-corrected chi connectivity index (χ2v) is 5.22. The van der Waals surface area contributed by atoms with E-state index in [0.29, 0.717) is 0 Å². The van der Waals surface area contributed by atoms with Gasteiger partial charge in [0.15, 0.2) is 5.96 Å². The first-order chi connectivity index (χ1) is 8.76. The fourth-order valence-electron chi connectivity index (χ4n) is 1.51. The number of nitrogens with zero attached hydrogens (tertiary/aromatic N) is 1. The molecule has 0 aliphatic heterocycles. The Bertz CT molecular complexity index is 382. The zero-order chi connectivity index (χ0) is 13.2. The van der Waals surface area contributed by atoms with Gasteiger partial charge in [0.05, 0.1) is 0 Å². The van der Waals surface area contributed by atoms with Crippen LogP contribution in [0.4, 0.5) is 0 Å². The van der Waals surface area contributed by atoms with Crippen LogP contribution in [0.15, 0.2) is 29.3 Å². The molecule has 18 heavy (non-hydrogen) atoms. The van der Waals surface area contributed by atoms with E-state index >= 15 is 0 Å². The molecular formula is C13H20ClN3S. The van der Waals surface area contributed by atoms with Gasteiger partial charge in [-0.05, 0) is 30.4 Å². The fraction of sp³-hybridized carbons (Fsp3) is 0.462. The van der Waals surface area contributed by atoms with Crippen molar-refractivity contribution in [1.82, 2.24) is 10.6 Å². The standard InChI is InChI=1S/C13H20ClN3S/c1-15-13(17-8-9-18-2)16-7-6-11-4-3-5-12(14)10-11/h3-5,10H,6-9H2,1-2H3,(H2,15,16,17). The van der Waals surface area contributed by atoms with Crippen LogP contribution in [-0.2, 0) is 6.42 Å². The minimum atomic E-state index is 0.787. The molecule has 100 valence electrons. The monoisotopic (exact) mass is 285 g/mol. The molecule has 1 aromatic carbocycles. The molecule has 2 N–H and O–H groups in total. The second kappa shape index (κ2) is 9.11. The van der Waals surface area contributed by atoms with Crippen LogP contribution in [0.25, 0.3) is 0 Å². The third kappa shape index (κ3) is 6.17. The maximum absolute atomic E-state index is 5.94. The summed E-state index contributed by atoms with van der Waals surface area (Å²) in [6.07, 6.45) is 3.03. The van der Waals surface area contributed by atoms with Gasteiger partial charge in [0.1, 0.15) is 0 Å². The SMILES string of the molecule is CN=C(NCCSC)NCCc1cccc(Cl)c1. The molecule has 1 rings (SSSR count). The Morgan fingerprint density at radius 3 is 2.78 bits per heavy atom. The van der Waals surface area contributed by atoms with Gasteiger partial charge in [0, 0.05) is 30.9 Å². The maximum atomic E-state index is 5.94. The number of rotatable bonds is 6. The number of hydrogen-bond donors (Lipinski definition) is 2. The summed E-state index contributed by atoms with van der Waals surface area (Å²) in [5.41, 5.74) is 1.23. The van der Waals surface area contributed by atoms with Crippen molar-refractivity contribution < 1.29 is 0 Å². The summed E-state index contributed by atoms with van der Waals surface area (Å²) >= 11 is 7.76. The van der Waals surface area contributed by atoms with E-state index in [0.717, 1.165) is 36.2 Å². The topological polar surface area (TPSA) is 36.4 Å². The predicted molar refractivity (Wildman–Crippen MR) is 82.9 cm³/mol.